The Kier molecular flexibility index (Phi) is 3.42. The molecule has 142 valence electrons. The number of nitrogens with zero attached hydrogens (tertiary/aromatic N) is 8. The van der Waals surface area contributed by atoms with Crippen molar-refractivity contribution in [1.29, 1.82) is 0 Å². The molecule has 5 aromatic rings. The summed E-state index contributed by atoms with van der Waals surface area (Å²) in [6, 6.07) is 11.8. The summed E-state index contributed by atoms with van der Waals surface area (Å²) in [7, 11) is 0. The highest BCUT2D eigenvalue weighted by molar-refractivity contribution is 5.53. The van der Waals surface area contributed by atoms with E-state index < -0.39 is 0 Å². The lowest BCUT2D eigenvalue weighted by Gasteiger charge is -2.32. The van der Waals surface area contributed by atoms with E-state index in [4.69, 9.17) is 9.52 Å². The summed E-state index contributed by atoms with van der Waals surface area (Å²) in [4.78, 5) is 9.84. The highest BCUT2D eigenvalue weighted by Gasteiger charge is 2.36. The van der Waals surface area contributed by atoms with Gasteiger partial charge in [-0.1, -0.05) is 11.2 Å². The van der Waals surface area contributed by atoms with Crippen LogP contribution in [0.25, 0.3) is 17.1 Å². The molecule has 1 aliphatic rings. The molecule has 0 aliphatic carbocycles. The third kappa shape index (κ3) is 2.57. The monoisotopic (exact) mass is 385 g/mol. The van der Waals surface area contributed by atoms with Gasteiger partial charge in [-0.05, 0) is 30.3 Å². The number of rotatable bonds is 3. The lowest BCUT2D eigenvalue weighted by molar-refractivity contribution is 0.502. The average molecular weight is 385 g/mol. The topological polar surface area (TPSA) is 114 Å². The van der Waals surface area contributed by atoms with Gasteiger partial charge in [0.25, 0.3) is 5.89 Å². The van der Waals surface area contributed by atoms with Gasteiger partial charge in [0.05, 0.1) is 23.2 Å². The fourth-order valence-electron chi connectivity index (χ4n) is 3.72. The van der Waals surface area contributed by atoms with Gasteiger partial charge in [0.1, 0.15) is 11.7 Å². The van der Waals surface area contributed by atoms with Crippen LogP contribution in [0.3, 0.4) is 0 Å². The number of aromatic nitrogens is 8. The van der Waals surface area contributed by atoms with Gasteiger partial charge in [-0.2, -0.15) is 10.2 Å². The smallest absolute Gasteiger partial charge is 0.319 e. The van der Waals surface area contributed by atoms with E-state index in [9.17, 15) is 0 Å². The number of pyridine rings is 1. The number of aromatic amines is 1. The first-order valence-electron chi connectivity index (χ1n) is 9.21. The molecule has 10 nitrogen and oxygen atoms in total. The number of H-pyrrole nitrogens is 1. The van der Waals surface area contributed by atoms with Crippen molar-refractivity contribution in [2.45, 2.75) is 12.5 Å². The van der Waals surface area contributed by atoms with E-state index in [-0.39, 0.29) is 6.04 Å². The molecular weight excluding hydrogens is 370 g/mol. The Morgan fingerprint density at radius 2 is 2.10 bits per heavy atom. The largest absolute Gasteiger partial charge is 0.401 e. The van der Waals surface area contributed by atoms with E-state index in [0.717, 1.165) is 29.0 Å². The molecule has 0 spiro atoms. The summed E-state index contributed by atoms with van der Waals surface area (Å²) in [6.45, 7) is 0.690. The fraction of sp³-hybridized carbons (Fsp3) is 0.158. The van der Waals surface area contributed by atoms with E-state index in [2.05, 4.69) is 36.4 Å². The maximum absolute atomic E-state index is 5.96. The molecule has 0 radical (unpaired) electrons. The van der Waals surface area contributed by atoms with Gasteiger partial charge < -0.3 is 14.3 Å². The summed E-state index contributed by atoms with van der Waals surface area (Å²) in [6.07, 6.45) is 6.04. The van der Waals surface area contributed by atoms with Gasteiger partial charge in [0.2, 0.25) is 0 Å². The predicted octanol–water partition coefficient (Wildman–Crippen LogP) is 2.05. The molecule has 0 bridgehead atoms. The van der Waals surface area contributed by atoms with Crippen molar-refractivity contribution in [3.63, 3.8) is 0 Å². The van der Waals surface area contributed by atoms with Crippen LogP contribution < -0.4 is 4.90 Å². The number of anilines is 1. The molecule has 0 saturated carbocycles. The molecule has 0 aromatic carbocycles. The van der Waals surface area contributed by atoms with Crippen LogP contribution in [0.15, 0.2) is 59.5 Å². The zero-order valence-corrected chi connectivity index (χ0v) is 15.2. The van der Waals surface area contributed by atoms with Crippen LogP contribution in [-0.2, 0) is 6.42 Å². The number of hydrogen-bond donors (Lipinski definition) is 1. The van der Waals surface area contributed by atoms with Crippen LogP contribution in [0.5, 0.6) is 0 Å². The van der Waals surface area contributed by atoms with Gasteiger partial charge in [-0.3, -0.25) is 0 Å². The third-order valence-corrected chi connectivity index (χ3v) is 5.05. The van der Waals surface area contributed by atoms with Crippen LogP contribution in [0, 0.1) is 0 Å². The molecule has 10 heteroatoms. The van der Waals surface area contributed by atoms with Crippen molar-refractivity contribution in [3.05, 3.63) is 72.2 Å². The molecule has 6 heterocycles. The first-order valence-corrected chi connectivity index (χ1v) is 9.21. The van der Waals surface area contributed by atoms with Crippen LogP contribution in [0.4, 0.5) is 6.01 Å². The molecule has 0 fully saturated rings. The van der Waals surface area contributed by atoms with Crippen molar-refractivity contribution in [2.24, 2.45) is 0 Å². The standard InChI is InChI=1S/C19H15N9O/c1-2-8-28-12(4-1)10-15(26-28)17-16-13(20-11-21-16)6-9-27(17)19-25-24-18(29-19)14-5-3-7-22-23-14/h1-5,7-8,10-11,17H,6,9H2,(H,20,21). The maximum Gasteiger partial charge on any atom is 0.319 e. The lowest BCUT2D eigenvalue weighted by Crippen LogP contribution is -2.36. The zero-order valence-electron chi connectivity index (χ0n) is 15.2. The second kappa shape index (κ2) is 6.23. The predicted molar refractivity (Wildman–Crippen MR) is 102 cm³/mol. The van der Waals surface area contributed by atoms with E-state index in [1.54, 1.807) is 24.7 Å². The molecular formula is C19H15N9O. The maximum atomic E-state index is 5.96. The van der Waals surface area contributed by atoms with Crippen molar-refractivity contribution < 1.29 is 4.42 Å². The normalized spacial score (nSPS) is 16.3. The number of hydrogen-bond acceptors (Lipinski definition) is 8. The minimum Gasteiger partial charge on any atom is -0.401 e. The fourth-order valence-corrected chi connectivity index (χ4v) is 3.72. The van der Waals surface area contributed by atoms with Gasteiger partial charge >= 0.3 is 6.01 Å². The van der Waals surface area contributed by atoms with E-state index in [0.29, 0.717) is 24.1 Å². The minimum atomic E-state index is -0.236. The quantitative estimate of drug-likeness (QED) is 0.502. The Morgan fingerprint density at radius 3 is 3.00 bits per heavy atom. The second-order valence-electron chi connectivity index (χ2n) is 6.75. The summed E-state index contributed by atoms with van der Waals surface area (Å²) < 4.78 is 7.81. The van der Waals surface area contributed by atoms with Crippen molar-refractivity contribution >= 4 is 11.5 Å². The molecule has 1 aliphatic heterocycles. The number of imidazole rings is 1. The molecule has 1 atom stereocenters. The SMILES string of the molecule is c1cnnc(-c2nnc(N3CCc4[nH]cnc4C3c3cc4ccccn4n3)o2)c1. The molecule has 29 heavy (non-hydrogen) atoms. The molecule has 6 rings (SSSR count). The molecule has 0 amide bonds. The second-order valence-corrected chi connectivity index (χ2v) is 6.75. The molecule has 1 N–H and O–H groups in total. The first kappa shape index (κ1) is 15.9. The average Bonchev–Trinajstić information content (AvgIpc) is 3.52. The van der Waals surface area contributed by atoms with Gasteiger partial charge in [0.15, 0.2) is 0 Å². The first-order chi connectivity index (χ1) is 14.4. The van der Waals surface area contributed by atoms with Gasteiger partial charge in [0, 0.05) is 31.1 Å². The Bertz CT molecular complexity index is 1260. The molecule has 5 aromatic heterocycles. The van der Waals surface area contributed by atoms with Gasteiger partial charge in [-0.15, -0.1) is 10.2 Å². The van der Waals surface area contributed by atoms with Crippen LogP contribution in [0.1, 0.15) is 23.1 Å². The zero-order chi connectivity index (χ0) is 19.2. The highest BCUT2D eigenvalue weighted by atomic mass is 16.4. The van der Waals surface area contributed by atoms with E-state index in [1.165, 1.54) is 0 Å². The van der Waals surface area contributed by atoms with E-state index >= 15 is 0 Å². The molecule has 0 saturated heterocycles. The third-order valence-electron chi connectivity index (χ3n) is 5.05. The van der Waals surface area contributed by atoms with Crippen molar-refractivity contribution in [2.75, 3.05) is 11.4 Å². The highest BCUT2D eigenvalue weighted by Crippen LogP contribution is 2.36. The number of nitrogens with one attached hydrogen (secondary N) is 1. The Morgan fingerprint density at radius 1 is 1.10 bits per heavy atom. The summed E-state index contributed by atoms with van der Waals surface area (Å²) >= 11 is 0. The van der Waals surface area contributed by atoms with Crippen LogP contribution in [-0.4, -0.2) is 46.5 Å². The van der Waals surface area contributed by atoms with Crippen molar-refractivity contribution in [3.8, 4) is 11.6 Å². The summed E-state index contributed by atoms with van der Waals surface area (Å²) in [5, 5.41) is 21.1. The summed E-state index contributed by atoms with van der Waals surface area (Å²) in [5.41, 5.74) is 4.42. The van der Waals surface area contributed by atoms with Crippen molar-refractivity contribution in [1.82, 2.24) is 40.0 Å². The minimum absolute atomic E-state index is 0.236. The molecule has 1 unspecified atom stereocenters. The van der Waals surface area contributed by atoms with E-state index in [1.807, 2.05) is 33.8 Å². The van der Waals surface area contributed by atoms with Gasteiger partial charge in [-0.25, -0.2) is 9.50 Å². The van der Waals surface area contributed by atoms with Crippen LogP contribution >= 0.6 is 0 Å². The summed E-state index contributed by atoms with van der Waals surface area (Å²) in [5.74, 6) is 0.328. The Balaban J connectivity index is 1.45. The lowest BCUT2D eigenvalue weighted by atomic mass is 10.0. The number of fused-ring (bicyclic) bond motifs is 2. The Labute approximate surface area is 164 Å². The Hall–Kier alpha value is -4.08. The van der Waals surface area contributed by atoms with Crippen LogP contribution in [0.2, 0.25) is 0 Å².